The van der Waals surface area contributed by atoms with E-state index in [1.807, 2.05) is 0 Å². The molecule has 13 aromatic rings. The molecule has 0 N–H and O–H groups in total. The van der Waals surface area contributed by atoms with E-state index in [9.17, 15) is 0 Å². The first-order valence-electron chi connectivity index (χ1n) is 22.2. The first kappa shape index (κ1) is 36.9. The van der Waals surface area contributed by atoms with Crippen molar-refractivity contribution in [2.75, 3.05) is 4.90 Å². The molecule has 0 saturated carbocycles. The Morgan fingerprint density at radius 3 is 1.49 bits per heavy atom. The van der Waals surface area contributed by atoms with Crippen LogP contribution in [0, 0.1) is 0 Å². The van der Waals surface area contributed by atoms with Crippen LogP contribution in [0.1, 0.15) is 0 Å². The van der Waals surface area contributed by atoms with E-state index in [0.717, 1.165) is 72.2 Å². The number of benzene rings is 11. The van der Waals surface area contributed by atoms with Crippen LogP contribution >= 0.6 is 0 Å². The van der Waals surface area contributed by atoms with E-state index >= 15 is 0 Å². The van der Waals surface area contributed by atoms with Crippen molar-refractivity contribution in [3.05, 3.63) is 243 Å². The molecule has 0 atom stereocenters. The molecule has 0 aliphatic rings. The molecule has 0 amide bonds. The standard InChI is InChI=1S/C62H40N2O/c1-2-14-45-39-49(27-26-41(45)12-1)47-16-9-15-46(38-47)42-28-33-50(34-29-42)63(60-25-11-22-56-57-37-32-44-13-3-4-19-53(44)61(57)65-62(56)60)51-35-30-43(31-36-51)48-17-10-18-52(40-48)64-58-23-7-5-20-54(58)55-21-6-8-24-59(55)64/h1-40H. The zero-order valence-electron chi connectivity index (χ0n) is 35.4. The Labute approximate surface area is 376 Å². The van der Waals surface area contributed by atoms with Gasteiger partial charge < -0.3 is 13.9 Å². The molecule has 2 heterocycles. The van der Waals surface area contributed by atoms with Crippen molar-refractivity contribution >= 4 is 82.4 Å². The second-order valence-electron chi connectivity index (χ2n) is 16.9. The molecule has 11 aromatic carbocycles. The molecule has 0 aliphatic carbocycles. The fraction of sp³-hybridized carbons (Fsp3) is 0. The Bertz CT molecular complexity index is 3900. The van der Waals surface area contributed by atoms with E-state index < -0.39 is 0 Å². The number of para-hydroxylation sites is 3. The lowest BCUT2D eigenvalue weighted by molar-refractivity contribution is 0.673. The molecule has 3 heteroatoms. The first-order chi connectivity index (χ1) is 32.2. The maximum Gasteiger partial charge on any atom is 0.159 e. The summed E-state index contributed by atoms with van der Waals surface area (Å²) in [5, 5.41) is 9.49. The van der Waals surface area contributed by atoms with Crippen molar-refractivity contribution in [1.29, 1.82) is 0 Å². The number of furan rings is 1. The van der Waals surface area contributed by atoms with Crippen LogP contribution in [0.3, 0.4) is 0 Å². The molecule has 3 nitrogen and oxygen atoms in total. The van der Waals surface area contributed by atoms with Crippen LogP contribution in [0.4, 0.5) is 17.1 Å². The molecule has 0 spiro atoms. The molecule has 0 radical (unpaired) electrons. The lowest BCUT2D eigenvalue weighted by Crippen LogP contribution is -2.10. The number of rotatable bonds is 7. The second-order valence-corrected chi connectivity index (χ2v) is 16.9. The number of hydrogen-bond donors (Lipinski definition) is 0. The van der Waals surface area contributed by atoms with Crippen LogP contribution in [0.25, 0.3) is 104 Å². The second kappa shape index (κ2) is 15.0. The molecule has 0 aliphatic heterocycles. The molecular formula is C62H40N2O. The third-order valence-electron chi connectivity index (χ3n) is 13.2. The van der Waals surface area contributed by atoms with Crippen LogP contribution in [0.15, 0.2) is 247 Å². The molecule has 2 aromatic heterocycles. The van der Waals surface area contributed by atoms with Crippen LogP contribution in [0.5, 0.6) is 0 Å². The largest absolute Gasteiger partial charge is 0.453 e. The normalized spacial score (nSPS) is 11.7. The third-order valence-corrected chi connectivity index (χ3v) is 13.2. The molecule has 304 valence electrons. The molecule has 13 rings (SSSR count). The minimum absolute atomic E-state index is 0.856. The van der Waals surface area contributed by atoms with Gasteiger partial charge >= 0.3 is 0 Å². The summed E-state index contributed by atoms with van der Waals surface area (Å²) >= 11 is 0. The summed E-state index contributed by atoms with van der Waals surface area (Å²) in [6.45, 7) is 0. The van der Waals surface area contributed by atoms with Crippen molar-refractivity contribution in [3.8, 4) is 39.1 Å². The van der Waals surface area contributed by atoms with Gasteiger partial charge in [-0.2, -0.15) is 0 Å². The summed E-state index contributed by atoms with van der Waals surface area (Å²) in [7, 11) is 0. The van der Waals surface area contributed by atoms with Crippen LogP contribution in [0.2, 0.25) is 0 Å². The lowest BCUT2D eigenvalue weighted by atomic mass is 9.97. The Morgan fingerprint density at radius 2 is 0.785 bits per heavy atom. The first-order valence-corrected chi connectivity index (χ1v) is 22.2. The number of aromatic nitrogens is 1. The lowest BCUT2D eigenvalue weighted by Gasteiger charge is -2.26. The van der Waals surface area contributed by atoms with Crippen LogP contribution in [-0.4, -0.2) is 4.57 Å². The minimum Gasteiger partial charge on any atom is -0.453 e. The number of fused-ring (bicyclic) bond motifs is 9. The van der Waals surface area contributed by atoms with E-state index in [1.54, 1.807) is 0 Å². The Hall–Kier alpha value is -8.66. The SMILES string of the molecule is c1cc(-c2ccc(N(c3ccc(-c4cccc(-n5c6ccccc6c6ccccc65)c4)cc3)c3cccc4c3oc3c5ccccc5ccc43)cc2)cc(-c2ccc3ccccc3c2)c1. The molecule has 0 fully saturated rings. The van der Waals surface area contributed by atoms with Crippen molar-refractivity contribution in [2.45, 2.75) is 0 Å². The average molecular weight is 829 g/mol. The van der Waals surface area contributed by atoms with Gasteiger partial charge in [0, 0.05) is 44.0 Å². The molecule has 65 heavy (non-hydrogen) atoms. The van der Waals surface area contributed by atoms with Gasteiger partial charge in [-0.05, 0) is 122 Å². The van der Waals surface area contributed by atoms with E-state index in [0.29, 0.717) is 0 Å². The summed E-state index contributed by atoms with van der Waals surface area (Å²) in [5.41, 5.74) is 15.4. The van der Waals surface area contributed by atoms with Crippen LogP contribution in [-0.2, 0) is 0 Å². The van der Waals surface area contributed by atoms with Crippen molar-refractivity contribution in [2.24, 2.45) is 0 Å². The average Bonchev–Trinajstić information content (AvgIpc) is 3.94. The van der Waals surface area contributed by atoms with Crippen molar-refractivity contribution < 1.29 is 4.42 Å². The van der Waals surface area contributed by atoms with Crippen LogP contribution < -0.4 is 4.90 Å². The Kier molecular flexibility index (Phi) is 8.53. The smallest absolute Gasteiger partial charge is 0.159 e. The molecular weight excluding hydrogens is 789 g/mol. The molecule has 0 bridgehead atoms. The summed E-state index contributed by atoms with van der Waals surface area (Å²) in [6.07, 6.45) is 0. The van der Waals surface area contributed by atoms with Gasteiger partial charge in [0.1, 0.15) is 5.58 Å². The summed E-state index contributed by atoms with van der Waals surface area (Å²) in [4.78, 5) is 2.33. The van der Waals surface area contributed by atoms with Crippen molar-refractivity contribution in [1.82, 2.24) is 4.57 Å². The van der Waals surface area contributed by atoms with Gasteiger partial charge in [-0.15, -0.1) is 0 Å². The zero-order valence-corrected chi connectivity index (χ0v) is 35.4. The van der Waals surface area contributed by atoms with Gasteiger partial charge in [0.15, 0.2) is 5.58 Å². The van der Waals surface area contributed by atoms with E-state index in [1.165, 1.54) is 49.3 Å². The van der Waals surface area contributed by atoms with E-state index in [-0.39, 0.29) is 0 Å². The highest BCUT2D eigenvalue weighted by Gasteiger charge is 2.21. The summed E-state index contributed by atoms with van der Waals surface area (Å²) in [5.74, 6) is 0. The summed E-state index contributed by atoms with van der Waals surface area (Å²) < 4.78 is 9.33. The van der Waals surface area contributed by atoms with E-state index in [4.69, 9.17) is 4.42 Å². The highest BCUT2D eigenvalue weighted by Crippen LogP contribution is 2.44. The maximum atomic E-state index is 6.95. The third kappa shape index (κ3) is 6.20. The zero-order chi connectivity index (χ0) is 42.8. The van der Waals surface area contributed by atoms with Crippen molar-refractivity contribution in [3.63, 3.8) is 0 Å². The highest BCUT2D eigenvalue weighted by atomic mass is 16.3. The predicted octanol–water partition coefficient (Wildman–Crippen LogP) is 17.5. The Morgan fingerprint density at radius 1 is 0.292 bits per heavy atom. The number of hydrogen-bond acceptors (Lipinski definition) is 2. The van der Waals surface area contributed by atoms with Gasteiger partial charge in [0.2, 0.25) is 0 Å². The molecule has 0 unspecified atom stereocenters. The van der Waals surface area contributed by atoms with Gasteiger partial charge in [-0.3, -0.25) is 0 Å². The quantitative estimate of drug-likeness (QED) is 0.160. The maximum absolute atomic E-state index is 6.95. The highest BCUT2D eigenvalue weighted by molar-refractivity contribution is 6.17. The van der Waals surface area contributed by atoms with Gasteiger partial charge in [-0.1, -0.05) is 170 Å². The monoisotopic (exact) mass is 828 g/mol. The fourth-order valence-electron chi connectivity index (χ4n) is 9.99. The van der Waals surface area contributed by atoms with E-state index in [2.05, 4.69) is 252 Å². The predicted molar refractivity (Wildman–Crippen MR) is 274 cm³/mol. The van der Waals surface area contributed by atoms with Gasteiger partial charge in [-0.25, -0.2) is 0 Å². The minimum atomic E-state index is 0.856. The van der Waals surface area contributed by atoms with Gasteiger partial charge in [0.25, 0.3) is 0 Å². The summed E-state index contributed by atoms with van der Waals surface area (Å²) in [6, 6.07) is 87.6. The van der Waals surface area contributed by atoms with Gasteiger partial charge in [0.05, 0.1) is 16.7 Å². The number of anilines is 3. The fourth-order valence-corrected chi connectivity index (χ4v) is 9.99. The topological polar surface area (TPSA) is 21.3 Å². The number of nitrogens with zero attached hydrogens (tertiary/aromatic N) is 2. The molecule has 0 saturated heterocycles. The Balaban J connectivity index is 0.913.